The number of ether oxygens (including phenoxy) is 2. The first-order valence-corrected chi connectivity index (χ1v) is 9.31. The minimum atomic E-state index is 0.0212. The molecule has 0 saturated heterocycles. The Morgan fingerprint density at radius 3 is 2.11 bits per heavy atom. The molecule has 0 bridgehead atoms. The molecule has 4 nitrogen and oxygen atoms in total. The van der Waals surface area contributed by atoms with Crippen LogP contribution in [0.15, 0.2) is 72.8 Å². The van der Waals surface area contributed by atoms with Gasteiger partial charge in [-0.3, -0.25) is 4.79 Å². The molecular weight excluding hydrogens is 350 g/mol. The molecule has 3 aromatic carbocycles. The van der Waals surface area contributed by atoms with Gasteiger partial charge < -0.3 is 14.8 Å². The average molecular weight is 375 g/mol. The first-order chi connectivity index (χ1) is 13.7. The summed E-state index contributed by atoms with van der Waals surface area (Å²) in [5.74, 6) is 1.42. The molecule has 0 heterocycles. The van der Waals surface area contributed by atoms with Gasteiger partial charge in [0.2, 0.25) is 5.91 Å². The van der Waals surface area contributed by atoms with Crippen LogP contribution in [0.4, 0.5) is 0 Å². The SMILES string of the molecule is COc1ccc(CCNC(=O)Cc2ccc(-c3ccccc3)cc2)cc1OC. The molecule has 0 aromatic heterocycles. The van der Waals surface area contributed by atoms with Gasteiger partial charge >= 0.3 is 0 Å². The number of hydrogen-bond donors (Lipinski definition) is 1. The Balaban J connectivity index is 1.49. The summed E-state index contributed by atoms with van der Waals surface area (Å²) in [7, 11) is 3.23. The van der Waals surface area contributed by atoms with Crippen molar-refractivity contribution in [3.05, 3.63) is 83.9 Å². The molecule has 0 spiro atoms. The van der Waals surface area contributed by atoms with Crippen LogP contribution >= 0.6 is 0 Å². The maximum absolute atomic E-state index is 12.2. The van der Waals surface area contributed by atoms with Crippen molar-refractivity contribution in [3.63, 3.8) is 0 Å². The Morgan fingerprint density at radius 2 is 1.43 bits per heavy atom. The lowest BCUT2D eigenvalue weighted by atomic mass is 10.0. The molecule has 0 aliphatic heterocycles. The quantitative estimate of drug-likeness (QED) is 0.639. The predicted octanol–water partition coefficient (Wildman–Crippen LogP) is 4.27. The van der Waals surface area contributed by atoms with Crippen LogP contribution in [0, 0.1) is 0 Å². The number of amides is 1. The molecule has 0 aliphatic rings. The van der Waals surface area contributed by atoms with Crippen LogP contribution in [0.3, 0.4) is 0 Å². The van der Waals surface area contributed by atoms with Gasteiger partial charge in [0.25, 0.3) is 0 Å². The van der Waals surface area contributed by atoms with Gasteiger partial charge in [-0.15, -0.1) is 0 Å². The van der Waals surface area contributed by atoms with E-state index in [2.05, 4.69) is 29.6 Å². The van der Waals surface area contributed by atoms with Crippen LogP contribution < -0.4 is 14.8 Å². The molecule has 0 saturated carbocycles. The standard InChI is InChI=1S/C24H25NO3/c1-27-22-13-10-19(16-23(22)28-2)14-15-25-24(26)17-18-8-11-21(12-9-18)20-6-4-3-5-7-20/h3-13,16H,14-15,17H2,1-2H3,(H,25,26). The van der Waals surface area contributed by atoms with E-state index in [1.807, 2.05) is 48.5 Å². The lowest BCUT2D eigenvalue weighted by Crippen LogP contribution is -2.27. The normalized spacial score (nSPS) is 10.4. The largest absolute Gasteiger partial charge is 0.493 e. The summed E-state index contributed by atoms with van der Waals surface area (Å²) >= 11 is 0. The van der Waals surface area contributed by atoms with Crippen LogP contribution in [0.2, 0.25) is 0 Å². The minimum absolute atomic E-state index is 0.0212. The van der Waals surface area contributed by atoms with E-state index in [1.54, 1.807) is 14.2 Å². The van der Waals surface area contributed by atoms with Crippen molar-refractivity contribution in [1.82, 2.24) is 5.32 Å². The number of hydrogen-bond acceptors (Lipinski definition) is 3. The van der Waals surface area contributed by atoms with Crippen LogP contribution in [0.25, 0.3) is 11.1 Å². The molecule has 4 heteroatoms. The zero-order valence-electron chi connectivity index (χ0n) is 16.3. The smallest absolute Gasteiger partial charge is 0.224 e. The van der Waals surface area contributed by atoms with Crippen molar-refractivity contribution in [3.8, 4) is 22.6 Å². The zero-order chi connectivity index (χ0) is 19.8. The Labute approximate surface area is 166 Å². The summed E-state index contributed by atoms with van der Waals surface area (Å²) in [6, 6.07) is 24.1. The number of nitrogens with one attached hydrogen (secondary N) is 1. The maximum atomic E-state index is 12.2. The summed E-state index contributed by atoms with van der Waals surface area (Å²) in [6.07, 6.45) is 1.11. The number of carbonyl (C=O) groups excluding carboxylic acids is 1. The molecule has 0 unspecified atom stereocenters. The molecule has 28 heavy (non-hydrogen) atoms. The van der Waals surface area contributed by atoms with Crippen LogP contribution in [-0.2, 0) is 17.6 Å². The summed E-state index contributed by atoms with van der Waals surface area (Å²) in [4.78, 5) is 12.2. The van der Waals surface area contributed by atoms with Gasteiger partial charge in [0.1, 0.15) is 0 Å². The lowest BCUT2D eigenvalue weighted by molar-refractivity contribution is -0.120. The molecule has 1 N–H and O–H groups in total. The van der Waals surface area contributed by atoms with Crippen LogP contribution in [0.1, 0.15) is 11.1 Å². The molecule has 1 amide bonds. The van der Waals surface area contributed by atoms with E-state index in [-0.39, 0.29) is 5.91 Å². The second-order valence-corrected chi connectivity index (χ2v) is 6.53. The highest BCUT2D eigenvalue weighted by Gasteiger charge is 2.07. The number of rotatable bonds is 8. The van der Waals surface area contributed by atoms with Gasteiger partial charge in [-0.2, -0.15) is 0 Å². The van der Waals surface area contributed by atoms with E-state index in [4.69, 9.17) is 9.47 Å². The van der Waals surface area contributed by atoms with E-state index < -0.39 is 0 Å². The van der Waals surface area contributed by atoms with E-state index in [0.717, 1.165) is 23.1 Å². The van der Waals surface area contributed by atoms with Crippen molar-refractivity contribution in [2.75, 3.05) is 20.8 Å². The Bertz CT molecular complexity index is 905. The van der Waals surface area contributed by atoms with Gasteiger partial charge in [0.15, 0.2) is 11.5 Å². The summed E-state index contributed by atoms with van der Waals surface area (Å²) in [5.41, 5.74) is 4.42. The minimum Gasteiger partial charge on any atom is -0.493 e. The third-order valence-corrected chi connectivity index (χ3v) is 4.61. The number of carbonyl (C=O) groups is 1. The summed E-state index contributed by atoms with van der Waals surface area (Å²) < 4.78 is 10.6. The number of methoxy groups -OCH3 is 2. The Morgan fingerprint density at radius 1 is 0.786 bits per heavy atom. The van der Waals surface area contributed by atoms with E-state index in [1.165, 1.54) is 5.56 Å². The highest BCUT2D eigenvalue weighted by atomic mass is 16.5. The third kappa shape index (κ3) is 5.13. The second-order valence-electron chi connectivity index (χ2n) is 6.53. The molecule has 144 valence electrons. The van der Waals surface area contributed by atoms with E-state index in [9.17, 15) is 4.79 Å². The lowest BCUT2D eigenvalue weighted by Gasteiger charge is -2.10. The fourth-order valence-corrected chi connectivity index (χ4v) is 3.08. The van der Waals surface area contributed by atoms with Gasteiger partial charge in [0.05, 0.1) is 20.6 Å². The summed E-state index contributed by atoms with van der Waals surface area (Å²) in [6.45, 7) is 0.580. The average Bonchev–Trinajstić information content (AvgIpc) is 2.74. The first-order valence-electron chi connectivity index (χ1n) is 9.31. The summed E-state index contributed by atoms with van der Waals surface area (Å²) in [5, 5.41) is 2.98. The highest BCUT2D eigenvalue weighted by molar-refractivity contribution is 5.78. The predicted molar refractivity (Wildman–Crippen MR) is 112 cm³/mol. The fourth-order valence-electron chi connectivity index (χ4n) is 3.08. The molecule has 0 atom stereocenters. The van der Waals surface area contributed by atoms with Gasteiger partial charge in [-0.05, 0) is 40.8 Å². The zero-order valence-corrected chi connectivity index (χ0v) is 16.3. The van der Waals surface area contributed by atoms with E-state index >= 15 is 0 Å². The highest BCUT2D eigenvalue weighted by Crippen LogP contribution is 2.27. The Kier molecular flexibility index (Phi) is 6.68. The van der Waals surface area contributed by atoms with Crippen molar-refractivity contribution < 1.29 is 14.3 Å². The second kappa shape index (κ2) is 9.60. The van der Waals surface area contributed by atoms with Crippen LogP contribution in [0.5, 0.6) is 11.5 Å². The molecule has 3 rings (SSSR count). The van der Waals surface area contributed by atoms with Gasteiger partial charge in [-0.1, -0.05) is 60.7 Å². The van der Waals surface area contributed by atoms with Crippen molar-refractivity contribution in [2.45, 2.75) is 12.8 Å². The topological polar surface area (TPSA) is 47.6 Å². The van der Waals surface area contributed by atoms with Crippen molar-refractivity contribution >= 4 is 5.91 Å². The van der Waals surface area contributed by atoms with Crippen molar-refractivity contribution in [1.29, 1.82) is 0 Å². The molecule has 0 fully saturated rings. The number of benzene rings is 3. The maximum Gasteiger partial charge on any atom is 0.224 e. The van der Waals surface area contributed by atoms with Gasteiger partial charge in [-0.25, -0.2) is 0 Å². The molecule has 0 radical (unpaired) electrons. The van der Waals surface area contributed by atoms with Crippen molar-refractivity contribution in [2.24, 2.45) is 0 Å². The van der Waals surface area contributed by atoms with Gasteiger partial charge in [0, 0.05) is 6.54 Å². The van der Waals surface area contributed by atoms with E-state index in [0.29, 0.717) is 24.5 Å². The third-order valence-electron chi connectivity index (χ3n) is 4.61. The molecular formula is C24H25NO3. The monoisotopic (exact) mass is 375 g/mol. The fraction of sp³-hybridized carbons (Fsp3) is 0.208. The van der Waals surface area contributed by atoms with Crippen LogP contribution in [-0.4, -0.2) is 26.7 Å². The Hall–Kier alpha value is -3.27. The molecule has 3 aromatic rings. The first kappa shape index (κ1) is 19.5. The molecule has 0 aliphatic carbocycles.